The zero-order chi connectivity index (χ0) is 21.0. The Labute approximate surface area is 171 Å². The third-order valence-corrected chi connectivity index (χ3v) is 5.46. The molecule has 0 unspecified atom stereocenters. The largest absolute Gasteiger partial charge is 0.397 e. The van der Waals surface area contributed by atoms with Crippen molar-refractivity contribution in [1.29, 1.82) is 0 Å². The van der Waals surface area contributed by atoms with Crippen LogP contribution in [0.1, 0.15) is 5.56 Å². The topological polar surface area (TPSA) is 78.7 Å². The molecule has 7 heteroatoms. The quantitative estimate of drug-likeness (QED) is 0.487. The van der Waals surface area contributed by atoms with Gasteiger partial charge in [0.1, 0.15) is 5.82 Å². The molecule has 3 heterocycles. The summed E-state index contributed by atoms with van der Waals surface area (Å²) in [5, 5.41) is 0.786. The fourth-order valence-electron chi connectivity index (χ4n) is 3.85. The molecule has 2 N–H and O–H groups in total. The van der Waals surface area contributed by atoms with E-state index in [1.54, 1.807) is 49.3 Å². The number of nitrogens with two attached hydrogens (primary N) is 1. The lowest BCUT2D eigenvalue weighted by Crippen LogP contribution is -2.21. The Morgan fingerprint density at radius 1 is 1.03 bits per heavy atom. The van der Waals surface area contributed by atoms with Crippen LogP contribution in [0.15, 0.2) is 65.8 Å². The van der Waals surface area contributed by atoms with E-state index in [2.05, 4.69) is 9.97 Å². The average Bonchev–Trinajstić information content (AvgIpc) is 3.00. The van der Waals surface area contributed by atoms with Gasteiger partial charge in [-0.15, -0.1) is 0 Å². The molecule has 0 amide bonds. The van der Waals surface area contributed by atoms with Crippen molar-refractivity contribution < 1.29 is 4.39 Å². The summed E-state index contributed by atoms with van der Waals surface area (Å²) in [5.41, 5.74) is 11.0. The summed E-state index contributed by atoms with van der Waals surface area (Å²) in [6.07, 6.45) is 5.00. The predicted octanol–water partition coefficient (Wildman–Crippen LogP) is 3.97. The number of halogens is 1. The van der Waals surface area contributed by atoms with Crippen LogP contribution in [0, 0.1) is 12.7 Å². The van der Waals surface area contributed by atoms with Gasteiger partial charge in [-0.3, -0.25) is 19.1 Å². The van der Waals surface area contributed by atoms with Gasteiger partial charge in [0.2, 0.25) is 0 Å². The minimum absolute atomic E-state index is 0.260. The van der Waals surface area contributed by atoms with Gasteiger partial charge in [0, 0.05) is 36.0 Å². The lowest BCUT2D eigenvalue weighted by atomic mass is 10.0. The molecule has 0 spiro atoms. The maximum Gasteiger partial charge on any atom is 0.333 e. The zero-order valence-corrected chi connectivity index (χ0v) is 16.4. The lowest BCUT2D eigenvalue weighted by Gasteiger charge is -2.10. The molecule has 0 saturated heterocycles. The molecule has 6 nitrogen and oxygen atoms in total. The molecular weight excluding hydrogens is 381 g/mol. The number of pyridine rings is 2. The van der Waals surface area contributed by atoms with Gasteiger partial charge in [0.15, 0.2) is 0 Å². The van der Waals surface area contributed by atoms with Gasteiger partial charge in [0.05, 0.1) is 34.1 Å². The summed E-state index contributed by atoms with van der Waals surface area (Å²) in [7, 11) is 1.69. The summed E-state index contributed by atoms with van der Waals surface area (Å²) >= 11 is 0. The average molecular weight is 399 g/mol. The smallest absolute Gasteiger partial charge is 0.333 e. The van der Waals surface area contributed by atoms with E-state index in [-0.39, 0.29) is 11.5 Å². The van der Waals surface area contributed by atoms with E-state index >= 15 is 0 Å². The van der Waals surface area contributed by atoms with E-state index in [0.717, 1.165) is 22.0 Å². The number of hydrogen-bond acceptors (Lipinski definition) is 4. The Morgan fingerprint density at radius 3 is 2.67 bits per heavy atom. The molecule has 3 aromatic heterocycles. The second kappa shape index (κ2) is 6.52. The minimum Gasteiger partial charge on any atom is -0.397 e. The number of rotatable bonds is 2. The third kappa shape index (κ3) is 2.59. The molecule has 0 atom stereocenters. The maximum atomic E-state index is 14.3. The van der Waals surface area contributed by atoms with Gasteiger partial charge >= 0.3 is 5.69 Å². The van der Waals surface area contributed by atoms with Gasteiger partial charge in [-0.25, -0.2) is 9.18 Å². The van der Waals surface area contributed by atoms with Crippen molar-refractivity contribution in [2.45, 2.75) is 6.92 Å². The van der Waals surface area contributed by atoms with Crippen LogP contribution in [0.3, 0.4) is 0 Å². The fourth-order valence-corrected chi connectivity index (χ4v) is 3.85. The van der Waals surface area contributed by atoms with Crippen molar-refractivity contribution >= 4 is 27.6 Å². The molecule has 0 bridgehead atoms. The number of hydrogen-bond donors (Lipinski definition) is 1. The first-order valence-electron chi connectivity index (χ1n) is 9.42. The van der Waals surface area contributed by atoms with Gasteiger partial charge in [-0.2, -0.15) is 0 Å². The Hall–Kier alpha value is -4.00. The molecule has 0 aliphatic heterocycles. The van der Waals surface area contributed by atoms with Gasteiger partial charge in [-0.1, -0.05) is 12.1 Å². The highest BCUT2D eigenvalue weighted by molar-refractivity contribution is 6.04. The van der Waals surface area contributed by atoms with Crippen LogP contribution in [0.25, 0.3) is 38.8 Å². The van der Waals surface area contributed by atoms with Crippen molar-refractivity contribution in [2.75, 3.05) is 5.73 Å². The monoisotopic (exact) mass is 399 g/mol. The maximum absolute atomic E-state index is 14.3. The number of benzene rings is 2. The number of fused-ring (bicyclic) bond motifs is 3. The summed E-state index contributed by atoms with van der Waals surface area (Å²) < 4.78 is 17.4. The number of nitrogen functional groups attached to an aromatic ring is 1. The second-order valence-electron chi connectivity index (χ2n) is 7.29. The van der Waals surface area contributed by atoms with Crippen LogP contribution in [0.2, 0.25) is 0 Å². The summed E-state index contributed by atoms with van der Waals surface area (Å²) in [6, 6.07) is 12.4. The van der Waals surface area contributed by atoms with E-state index in [9.17, 15) is 9.18 Å². The molecule has 30 heavy (non-hydrogen) atoms. The lowest BCUT2D eigenvalue weighted by molar-refractivity contribution is 0.616. The van der Waals surface area contributed by atoms with E-state index in [1.165, 1.54) is 10.6 Å². The predicted molar refractivity (Wildman–Crippen MR) is 116 cm³/mol. The normalized spacial score (nSPS) is 11.4. The molecule has 0 fully saturated rings. The summed E-state index contributed by atoms with van der Waals surface area (Å²) in [4.78, 5) is 21.8. The standard InChI is InChI=1S/C23H18FN5O/c1-13-18(24)4-3-5-20(13)29-22-17-9-14(15-8-16(25)11-26-10-15)6-7-19(17)27-12-21(22)28(2)23(29)30/h3-12H,25H2,1-2H3. The summed E-state index contributed by atoms with van der Waals surface area (Å²) in [5.74, 6) is -0.360. The van der Waals surface area contributed by atoms with Gasteiger partial charge in [-0.05, 0) is 42.8 Å². The third-order valence-electron chi connectivity index (χ3n) is 5.46. The first kappa shape index (κ1) is 18.1. The number of nitrogens with zero attached hydrogens (tertiary/aromatic N) is 4. The van der Waals surface area contributed by atoms with E-state index in [4.69, 9.17) is 5.73 Å². The molecule has 2 aromatic carbocycles. The van der Waals surface area contributed by atoms with Crippen molar-refractivity contribution in [3.63, 3.8) is 0 Å². The van der Waals surface area contributed by atoms with Crippen LogP contribution in [-0.4, -0.2) is 19.1 Å². The number of anilines is 1. The van der Waals surface area contributed by atoms with E-state index < -0.39 is 0 Å². The molecule has 148 valence electrons. The van der Waals surface area contributed by atoms with Crippen molar-refractivity contribution in [3.05, 3.63) is 82.9 Å². The molecule has 5 aromatic rings. The first-order valence-corrected chi connectivity index (χ1v) is 9.42. The van der Waals surface area contributed by atoms with Crippen LogP contribution in [0.5, 0.6) is 0 Å². The SMILES string of the molecule is Cc1c(F)cccc1-n1c(=O)n(C)c2cnc3ccc(-c4cncc(N)c4)cc3c21. The van der Waals surface area contributed by atoms with Crippen LogP contribution < -0.4 is 11.4 Å². The van der Waals surface area contributed by atoms with Crippen LogP contribution in [0.4, 0.5) is 10.1 Å². The Morgan fingerprint density at radius 2 is 1.87 bits per heavy atom. The highest BCUT2D eigenvalue weighted by Gasteiger charge is 2.18. The number of aromatic nitrogens is 4. The van der Waals surface area contributed by atoms with Crippen molar-refractivity contribution in [2.24, 2.45) is 7.05 Å². The van der Waals surface area contributed by atoms with E-state index in [1.807, 2.05) is 24.3 Å². The highest BCUT2D eigenvalue weighted by Crippen LogP contribution is 2.30. The molecule has 0 aliphatic carbocycles. The van der Waals surface area contributed by atoms with Gasteiger partial charge in [0.25, 0.3) is 0 Å². The van der Waals surface area contributed by atoms with E-state index in [0.29, 0.717) is 28.0 Å². The summed E-state index contributed by atoms with van der Waals surface area (Å²) in [6.45, 7) is 1.67. The fraction of sp³-hybridized carbons (Fsp3) is 0.0870. The van der Waals surface area contributed by atoms with Crippen LogP contribution in [-0.2, 0) is 7.05 Å². The minimum atomic E-state index is -0.360. The first-order chi connectivity index (χ1) is 14.5. The number of imidazole rings is 1. The van der Waals surface area contributed by atoms with Gasteiger partial charge < -0.3 is 5.73 Å². The number of aryl methyl sites for hydroxylation is 1. The zero-order valence-electron chi connectivity index (χ0n) is 16.4. The molecule has 0 saturated carbocycles. The van der Waals surface area contributed by atoms with Crippen molar-refractivity contribution in [3.8, 4) is 16.8 Å². The molecular formula is C23H18FN5O. The molecule has 0 aliphatic rings. The second-order valence-corrected chi connectivity index (χ2v) is 7.29. The highest BCUT2D eigenvalue weighted by atomic mass is 19.1. The Kier molecular flexibility index (Phi) is 3.92. The Balaban J connectivity index is 1.91. The van der Waals surface area contributed by atoms with Crippen molar-refractivity contribution in [1.82, 2.24) is 19.1 Å². The molecule has 0 radical (unpaired) electrons. The molecule has 5 rings (SSSR count). The Bertz CT molecular complexity index is 1520. The van der Waals surface area contributed by atoms with Crippen LogP contribution >= 0.6 is 0 Å².